The highest BCUT2D eigenvalue weighted by atomic mass is 79.9. The van der Waals surface area contributed by atoms with Gasteiger partial charge < -0.3 is 10.2 Å². The quantitative estimate of drug-likeness (QED) is 0.636. The van der Waals surface area contributed by atoms with Gasteiger partial charge in [-0.3, -0.25) is 19.3 Å². The van der Waals surface area contributed by atoms with E-state index < -0.39 is 0 Å². The molecule has 3 amide bonds. The summed E-state index contributed by atoms with van der Waals surface area (Å²) >= 11 is 3.31. The van der Waals surface area contributed by atoms with E-state index in [1.165, 1.54) is 4.90 Å². The van der Waals surface area contributed by atoms with Crippen molar-refractivity contribution in [2.75, 3.05) is 31.6 Å². The first-order chi connectivity index (χ1) is 13.5. The van der Waals surface area contributed by atoms with Crippen molar-refractivity contribution in [1.82, 2.24) is 10.2 Å². The number of nitrogens with one attached hydrogen (secondary N) is 1. The number of hydrogen-bond acceptors (Lipinski definition) is 4. The smallest absolute Gasteiger partial charge is 0.261 e. The average Bonchev–Trinajstić information content (AvgIpc) is 2.92. The maximum absolute atomic E-state index is 12.4. The predicted octanol–water partition coefficient (Wildman–Crippen LogP) is 3.08. The Morgan fingerprint density at radius 3 is 2.54 bits per heavy atom. The number of carbonyl (C=O) groups excluding carboxylic acids is 3. The van der Waals surface area contributed by atoms with Crippen molar-refractivity contribution >= 4 is 39.3 Å². The number of imide groups is 1. The van der Waals surface area contributed by atoms with E-state index >= 15 is 0 Å². The van der Waals surface area contributed by atoms with Gasteiger partial charge >= 0.3 is 0 Å². The number of halogens is 1. The molecular weight excluding hydrogens is 422 g/mol. The van der Waals surface area contributed by atoms with Gasteiger partial charge in [0.05, 0.1) is 11.1 Å². The first-order valence-electron chi connectivity index (χ1n) is 9.16. The maximum atomic E-state index is 12.4. The third-order valence-corrected chi connectivity index (χ3v) is 5.18. The van der Waals surface area contributed by atoms with Crippen molar-refractivity contribution in [2.45, 2.75) is 12.8 Å². The molecule has 1 heterocycles. The molecule has 0 unspecified atom stereocenters. The van der Waals surface area contributed by atoms with Crippen LogP contribution in [0.25, 0.3) is 0 Å². The molecule has 0 aliphatic carbocycles. The molecule has 7 heteroatoms. The normalized spacial score (nSPS) is 12.9. The highest BCUT2D eigenvalue weighted by Gasteiger charge is 2.35. The lowest BCUT2D eigenvalue weighted by Gasteiger charge is -2.19. The lowest BCUT2D eigenvalue weighted by molar-refractivity contribution is -0.121. The Labute approximate surface area is 172 Å². The van der Waals surface area contributed by atoms with Gasteiger partial charge in [0.15, 0.2) is 0 Å². The monoisotopic (exact) mass is 443 g/mol. The van der Waals surface area contributed by atoms with Crippen molar-refractivity contribution in [3.05, 3.63) is 64.1 Å². The second-order valence-electron chi connectivity index (χ2n) is 6.66. The number of para-hydroxylation sites is 1. The molecule has 0 aromatic heterocycles. The minimum atomic E-state index is -0.300. The third-order valence-electron chi connectivity index (χ3n) is 4.68. The van der Waals surface area contributed by atoms with E-state index in [9.17, 15) is 14.4 Å². The second kappa shape index (κ2) is 9.01. The Balaban J connectivity index is 1.40. The summed E-state index contributed by atoms with van der Waals surface area (Å²) in [5.41, 5.74) is 1.92. The summed E-state index contributed by atoms with van der Waals surface area (Å²) < 4.78 is 0.758. The summed E-state index contributed by atoms with van der Waals surface area (Å²) in [6, 6.07) is 15.0. The van der Waals surface area contributed by atoms with E-state index in [1.54, 1.807) is 18.2 Å². The van der Waals surface area contributed by atoms with Gasteiger partial charge in [0.25, 0.3) is 11.8 Å². The van der Waals surface area contributed by atoms with E-state index in [4.69, 9.17) is 0 Å². The van der Waals surface area contributed by atoms with E-state index in [1.807, 2.05) is 37.4 Å². The summed E-state index contributed by atoms with van der Waals surface area (Å²) in [6.07, 6.45) is 0.707. The standard InChI is InChI=1S/C21H22BrN3O3/c1-24(16-6-3-2-4-7-16)13-11-23-19(26)8-5-12-25-20(27)17-10-9-15(22)14-18(17)21(25)28/h2-4,6-7,9-10,14H,5,8,11-13H2,1H3,(H,23,26). The molecule has 0 saturated heterocycles. The Morgan fingerprint density at radius 2 is 1.79 bits per heavy atom. The number of likely N-dealkylation sites (N-methyl/N-ethyl adjacent to an activating group) is 1. The number of benzene rings is 2. The Morgan fingerprint density at radius 1 is 1.07 bits per heavy atom. The molecule has 0 bridgehead atoms. The fraction of sp³-hybridized carbons (Fsp3) is 0.286. The van der Waals surface area contributed by atoms with Crippen LogP contribution in [0.3, 0.4) is 0 Å². The first-order valence-corrected chi connectivity index (χ1v) is 9.95. The fourth-order valence-electron chi connectivity index (χ4n) is 3.13. The number of carbonyl (C=O) groups is 3. The van der Waals surface area contributed by atoms with Gasteiger partial charge in [-0.1, -0.05) is 34.1 Å². The van der Waals surface area contributed by atoms with Crippen LogP contribution in [-0.4, -0.2) is 49.3 Å². The molecule has 0 radical (unpaired) electrons. The summed E-state index contributed by atoms with van der Waals surface area (Å²) in [6.45, 7) is 1.47. The van der Waals surface area contributed by atoms with Crippen molar-refractivity contribution in [3.63, 3.8) is 0 Å². The van der Waals surface area contributed by atoms with Crippen molar-refractivity contribution in [2.24, 2.45) is 0 Å². The molecule has 6 nitrogen and oxygen atoms in total. The number of hydrogen-bond donors (Lipinski definition) is 1. The summed E-state index contributed by atoms with van der Waals surface area (Å²) in [5.74, 6) is -0.676. The van der Waals surface area contributed by atoms with Crippen LogP contribution in [0, 0.1) is 0 Å². The van der Waals surface area contributed by atoms with Gasteiger partial charge in [0.1, 0.15) is 0 Å². The summed E-state index contributed by atoms with van der Waals surface area (Å²) in [5, 5.41) is 2.88. The molecule has 0 spiro atoms. The number of amides is 3. The van der Waals surface area contributed by atoms with Gasteiger partial charge in [-0.25, -0.2) is 0 Å². The van der Waals surface area contributed by atoms with Crippen molar-refractivity contribution < 1.29 is 14.4 Å². The van der Waals surface area contributed by atoms with Gasteiger partial charge in [-0.2, -0.15) is 0 Å². The average molecular weight is 444 g/mol. The largest absolute Gasteiger partial charge is 0.373 e. The molecule has 2 aromatic rings. The third kappa shape index (κ3) is 4.59. The molecule has 0 saturated carbocycles. The molecule has 0 atom stereocenters. The molecule has 1 N–H and O–H groups in total. The number of fused-ring (bicyclic) bond motifs is 1. The zero-order valence-electron chi connectivity index (χ0n) is 15.7. The van der Waals surface area contributed by atoms with Crippen molar-refractivity contribution in [3.8, 4) is 0 Å². The molecule has 1 aliphatic rings. The first kappa shape index (κ1) is 20.1. The van der Waals surface area contributed by atoms with E-state index in [2.05, 4.69) is 26.1 Å². The second-order valence-corrected chi connectivity index (χ2v) is 7.58. The van der Waals surface area contributed by atoms with E-state index in [0.29, 0.717) is 30.6 Å². The van der Waals surface area contributed by atoms with Crippen LogP contribution in [0.1, 0.15) is 33.6 Å². The minimum absolute atomic E-state index is 0.0826. The molecule has 28 heavy (non-hydrogen) atoms. The SMILES string of the molecule is CN(CCNC(=O)CCCN1C(=O)c2ccc(Br)cc2C1=O)c1ccccc1. The van der Waals surface area contributed by atoms with Crippen LogP contribution >= 0.6 is 15.9 Å². The van der Waals surface area contributed by atoms with Crippen LogP contribution in [0.15, 0.2) is 53.0 Å². The highest BCUT2D eigenvalue weighted by molar-refractivity contribution is 9.10. The van der Waals surface area contributed by atoms with Crippen molar-refractivity contribution in [1.29, 1.82) is 0 Å². The number of anilines is 1. The zero-order valence-corrected chi connectivity index (χ0v) is 17.2. The Hall–Kier alpha value is -2.67. The molecule has 0 fully saturated rings. The van der Waals surface area contributed by atoms with Crippen LogP contribution in [0.2, 0.25) is 0 Å². The Bertz CT molecular complexity index is 886. The lowest BCUT2D eigenvalue weighted by Crippen LogP contribution is -2.34. The van der Waals surface area contributed by atoms with Crippen LogP contribution in [0.5, 0.6) is 0 Å². The Kier molecular flexibility index (Phi) is 6.46. The summed E-state index contributed by atoms with van der Waals surface area (Å²) in [4.78, 5) is 40.1. The predicted molar refractivity (Wildman–Crippen MR) is 111 cm³/mol. The molecule has 3 rings (SSSR count). The minimum Gasteiger partial charge on any atom is -0.373 e. The van der Waals surface area contributed by atoms with Gasteiger partial charge in [-0.05, 0) is 36.8 Å². The molecule has 146 valence electrons. The zero-order chi connectivity index (χ0) is 20.1. The molecule has 2 aromatic carbocycles. The van der Waals surface area contributed by atoms with Crippen LogP contribution in [0.4, 0.5) is 5.69 Å². The van der Waals surface area contributed by atoms with Crippen LogP contribution < -0.4 is 10.2 Å². The fourth-order valence-corrected chi connectivity index (χ4v) is 3.49. The highest BCUT2D eigenvalue weighted by Crippen LogP contribution is 2.26. The topological polar surface area (TPSA) is 69.7 Å². The molecule has 1 aliphatic heterocycles. The lowest BCUT2D eigenvalue weighted by atomic mass is 10.1. The van der Waals surface area contributed by atoms with E-state index in [0.717, 1.165) is 10.2 Å². The number of nitrogens with zero attached hydrogens (tertiary/aromatic N) is 2. The number of rotatable bonds is 8. The van der Waals surface area contributed by atoms with Gasteiger partial charge in [0.2, 0.25) is 5.91 Å². The van der Waals surface area contributed by atoms with Crippen LogP contribution in [-0.2, 0) is 4.79 Å². The van der Waals surface area contributed by atoms with Gasteiger partial charge in [-0.15, -0.1) is 0 Å². The van der Waals surface area contributed by atoms with E-state index in [-0.39, 0.29) is 30.7 Å². The van der Waals surface area contributed by atoms with Gasteiger partial charge in [0, 0.05) is 43.3 Å². The molecular formula is C21H22BrN3O3. The maximum Gasteiger partial charge on any atom is 0.261 e. The summed E-state index contributed by atoms with van der Waals surface area (Å²) in [7, 11) is 1.97.